The molecule has 226 valence electrons. The van der Waals surface area contributed by atoms with Crippen molar-refractivity contribution in [2.24, 2.45) is 0 Å². The van der Waals surface area contributed by atoms with Gasteiger partial charge in [0.1, 0.15) is 0 Å². The van der Waals surface area contributed by atoms with Crippen molar-refractivity contribution in [2.75, 3.05) is 6.61 Å². The van der Waals surface area contributed by atoms with Crippen LogP contribution in [0.4, 0.5) is 0 Å². The van der Waals surface area contributed by atoms with Crippen molar-refractivity contribution in [3.8, 4) is 0 Å². The van der Waals surface area contributed by atoms with Crippen LogP contribution in [0.25, 0.3) is 0 Å². The van der Waals surface area contributed by atoms with Gasteiger partial charge in [-0.15, -0.1) is 0 Å². The number of allylic oxidation sites excluding steroid dienone is 1. The zero-order valence-electron chi connectivity index (χ0n) is 25.7. The van der Waals surface area contributed by atoms with Gasteiger partial charge < -0.3 is 15.5 Å². The lowest BCUT2D eigenvalue weighted by Crippen LogP contribution is -2.45. The van der Waals surface area contributed by atoms with E-state index in [1.54, 1.807) is 6.08 Å². The van der Waals surface area contributed by atoms with Crippen molar-refractivity contribution in [3.05, 3.63) is 12.2 Å². The molecular formula is C34H67NO3. The molecule has 0 aliphatic heterocycles. The van der Waals surface area contributed by atoms with Crippen LogP contribution in [0.15, 0.2) is 12.2 Å². The van der Waals surface area contributed by atoms with E-state index in [0.717, 1.165) is 25.7 Å². The SMILES string of the molecule is CCCCCCCCCCCCCCCCCCC/C=C/C(O)C(CO)NC(=O)CCCCCCCCC. The summed E-state index contributed by atoms with van der Waals surface area (Å²) in [5.41, 5.74) is 0. The second-order valence-electron chi connectivity index (χ2n) is 11.6. The van der Waals surface area contributed by atoms with E-state index in [2.05, 4.69) is 19.2 Å². The lowest BCUT2D eigenvalue weighted by Gasteiger charge is -2.20. The van der Waals surface area contributed by atoms with E-state index in [-0.39, 0.29) is 12.5 Å². The molecule has 38 heavy (non-hydrogen) atoms. The third-order valence-electron chi connectivity index (χ3n) is 7.77. The molecule has 3 N–H and O–H groups in total. The number of carbonyl (C=O) groups excluding carboxylic acids is 1. The summed E-state index contributed by atoms with van der Waals surface area (Å²) in [6, 6.07) is -0.612. The van der Waals surface area contributed by atoms with Gasteiger partial charge in [0, 0.05) is 6.42 Å². The minimum Gasteiger partial charge on any atom is -0.394 e. The second-order valence-corrected chi connectivity index (χ2v) is 11.6. The lowest BCUT2D eigenvalue weighted by atomic mass is 10.0. The standard InChI is InChI=1S/C34H67NO3/c1-3-5-7-9-11-12-13-14-15-16-17-18-19-20-21-22-24-25-27-29-33(37)32(31-36)35-34(38)30-28-26-23-10-8-6-4-2/h27,29,32-33,36-37H,3-26,28,30-31H2,1-2H3,(H,35,38)/b29-27+. The number of carbonyl (C=O) groups is 1. The summed E-state index contributed by atoms with van der Waals surface area (Å²) >= 11 is 0. The summed E-state index contributed by atoms with van der Waals surface area (Å²) in [6.07, 6.45) is 35.9. The number of aliphatic hydroxyl groups excluding tert-OH is 2. The van der Waals surface area contributed by atoms with E-state index in [1.165, 1.54) is 135 Å². The number of rotatable bonds is 30. The van der Waals surface area contributed by atoms with Gasteiger partial charge >= 0.3 is 0 Å². The molecule has 0 aromatic heterocycles. The smallest absolute Gasteiger partial charge is 0.220 e. The zero-order chi connectivity index (χ0) is 27.9. The normalized spacial score (nSPS) is 13.3. The van der Waals surface area contributed by atoms with Crippen LogP contribution in [0.3, 0.4) is 0 Å². The Labute approximate surface area is 237 Å². The van der Waals surface area contributed by atoms with Crippen molar-refractivity contribution >= 4 is 5.91 Å². The van der Waals surface area contributed by atoms with Crippen LogP contribution < -0.4 is 5.32 Å². The summed E-state index contributed by atoms with van der Waals surface area (Å²) in [4.78, 5) is 12.1. The van der Waals surface area contributed by atoms with E-state index in [0.29, 0.717) is 6.42 Å². The lowest BCUT2D eigenvalue weighted by molar-refractivity contribution is -0.123. The molecular weight excluding hydrogens is 470 g/mol. The third-order valence-corrected chi connectivity index (χ3v) is 7.77. The largest absolute Gasteiger partial charge is 0.394 e. The summed E-state index contributed by atoms with van der Waals surface area (Å²) in [5.74, 6) is -0.0711. The van der Waals surface area contributed by atoms with Crippen molar-refractivity contribution < 1.29 is 15.0 Å². The second kappa shape index (κ2) is 30.7. The van der Waals surface area contributed by atoms with Crippen LogP contribution in [0.1, 0.15) is 181 Å². The fourth-order valence-electron chi connectivity index (χ4n) is 5.12. The first-order valence-corrected chi connectivity index (χ1v) is 16.9. The highest BCUT2D eigenvalue weighted by Crippen LogP contribution is 2.14. The molecule has 2 atom stereocenters. The molecule has 0 fully saturated rings. The molecule has 4 heteroatoms. The van der Waals surface area contributed by atoms with Crippen LogP contribution in [0, 0.1) is 0 Å². The number of unbranched alkanes of at least 4 members (excludes halogenated alkanes) is 23. The molecule has 0 aromatic carbocycles. The predicted octanol–water partition coefficient (Wildman–Crippen LogP) is 9.56. The molecule has 0 aliphatic rings. The molecule has 0 saturated carbocycles. The Morgan fingerprint density at radius 2 is 0.974 bits per heavy atom. The summed E-state index contributed by atoms with van der Waals surface area (Å²) in [5, 5.41) is 22.7. The first-order chi connectivity index (χ1) is 18.7. The van der Waals surface area contributed by atoms with Gasteiger partial charge in [-0.05, 0) is 19.3 Å². The van der Waals surface area contributed by atoms with Gasteiger partial charge in [-0.3, -0.25) is 4.79 Å². The number of hydrogen-bond acceptors (Lipinski definition) is 3. The van der Waals surface area contributed by atoms with Gasteiger partial charge in [-0.1, -0.05) is 167 Å². The Morgan fingerprint density at radius 3 is 1.37 bits per heavy atom. The molecule has 0 aliphatic carbocycles. The topological polar surface area (TPSA) is 69.6 Å². The van der Waals surface area contributed by atoms with Gasteiger partial charge in [-0.2, -0.15) is 0 Å². The van der Waals surface area contributed by atoms with E-state index in [9.17, 15) is 15.0 Å². The maximum atomic E-state index is 12.1. The molecule has 1 amide bonds. The van der Waals surface area contributed by atoms with Crippen molar-refractivity contribution in [1.82, 2.24) is 5.32 Å². The molecule has 0 saturated heterocycles. The van der Waals surface area contributed by atoms with E-state index in [4.69, 9.17) is 0 Å². The van der Waals surface area contributed by atoms with Crippen LogP contribution in [-0.4, -0.2) is 34.9 Å². The van der Waals surface area contributed by atoms with Gasteiger partial charge in [0.05, 0.1) is 18.8 Å². The first kappa shape index (κ1) is 37.1. The highest BCUT2D eigenvalue weighted by atomic mass is 16.3. The summed E-state index contributed by atoms with van der Waals surface area (Å²) in [7, 11) is 0. The average Bonchev–Trinajstić information content (AvgIpc) is 2.92. The Morgan fingerprint density at radius 1 is 0.605 bits per heavy atom. The fraction of sp³-hybridized carbons (Fsp3) is 0.912. The zero-order valence-corrected chi connectivity index (χ0v) is 25.7. The monoisotopic (exact) mass is 538 g/mol. The van der Waals surface area contributed by atoms with Gasteiger partial charge in [-0.25, -0.2) is 0 Å². The fourth-order valence-corrected chi connectivity index (χ4v) is 5.12. The van der Waals surface area contributed by atoms with Crippen LogP contribution in [-0.2, 0) is 4.79 Å². The molecule has 0 rings (SSSR count). The number of nitrogens with one attached hydrogen (secondary N) is 1. The van der Waals surface area contributed by atoms with Gasteiger partial charge in [0.2, 0.25) is 5.91 Å². The van der Waals surface area contributed by atoms with E-state index >= 15 is 0 Å². The summed E-state index contributed by atoms with van der Waals surface area (Å²) < 4.78 is 0. The number of aliphatic hydroxyl groups is 2. The average molecular weight is 538 g/mol. The van der Waals surface area contributed by atoms with Crippen LogP contribution in [0.5, 0.6) is 0 Å². The Kier molecular flexibility index (Phi) is 30.0. The Bertz CT molecular complexity index is 508. The Hall–Kier alpha value is -0.870. The molecule has 4 nitrogen and oxygen atoms in total. The number of hydrogen-bond donors (Lipinski definition) is 3. The highest BCUT2D eigenvalue weighted by molar-refractivity contribution is 5.76. The van der Waals surface area contributed by atoms with Crippen LogP contribution in [0.2, 0.25) is 0 Å². The maximum absolute atomic E-state index is 12.1. The van der Waals surface area contributed by atoms with E-state index in [1.807, 2.05) is 6.08 Å². The molecule has 0 bridgehead atoms. The minimum absolute atomic E-state index is 0.0711. The predicted molar refractivity (Wildman–Crippen MR) is 166 cm³/mol. The highest BCUT2D eigenvalue weighted by Gasteiger charge is 2.17. The minimum atomic E-state index is -0.830. The Balaban J connectivity index is 3.55. The van der Waals surface area contributed by atoms with Crippen molar-refractivity contribution in [1.29, 1.82) is 0 Å². The van der Waals surface area contributed by atoms with Crippen molar-refractivity contribution in [2.45, 2.75) is 193 Å². The van der Waals surface area contributed by atoms with Crippen LogP contribution >= 0.6 is 0 Å². The molecule has 0 radical (unpaired) electrons. The van der Waals surface area contributed by atoms with Gasteiger partial charge in [0.25, 0.3) is 0 Å². The first-order valence-electron chi connectivity index (χ1n) is 16.9. The maximum Gasteiger partial charge on any atom is 0.220 e. The molecule has 0 spiro atoms. The summed E-state index contributed by atoms with van der Waals surface area (Å²) in [6.45, 7) is 4.26. The van der Waals surface area contributed by atoms with Gasteiger partial charge in [0.15, 0.2) is 0 Å². The quantitative estimate of drug-likeness (QED) is 0.0631. The third kappa shape index (κ3) is 26.7. The van der Waals surface area contributed by atoms with Crippen molar-refractivity contribution in [3.63, 3.8) is 0 Å². The number of amides is 1. The molecule has 2 unspecified atom stereocenters. The van der Waals surface area contributed by atoms with E-state index < -0.39 is 12.1 Å². The molecule has 0 heterocycles. The molecule has 0 aromatic rings.